The number of methoxy groups -OCH3 is 1. The molecule has 1 aromatic carbocycles. The van der Waals surface area contributed by atoms with Crippen LogP contribution in [0.4, 0.5) is 0 Å². The van der Waals surface area contributed by atoms with E-state index < -0.39 is 15.6 Å². The Kier molecular flexibility index (Phi) is 4.07. The Morgan fingerprint density at radius 3 is 2.52 bits per heavy atom. The highest BCUT2D eigenvalue weighted by molar-refractivity contribution is 7.89. The van der Waals surface area contributed by atoms with Gasteiger partial charge < -0.3 is 4.74 Å². The van der Waals surface area contributed by atoms with Gasteiger partial charge in [-0.25, -0.2) is 13.5 Å². The highest BCUT2D eigenvalue weighted by Crippen LogP contribution is 2.37. The third-order valence-electron chi connectivity index (χ3n) is 4.47. The molecular formula is C15H20N2O5S. The van der Waals surface area contributed by atoms with Gasteiger partial charge in [-0.05, 0) is 25.0 Å². The lowest BCUT2D eigenvalue weighted by atomic mass is 9.90. The lowest BCUT2D eigenvalue weighted by molar-refractivity contribution is -0.196. The zero-order valence-electron chi connectivity index (χ0n) is 13.2. The van der Waals surface area contributed by atoms with Crippen molar-refractivity contribution in [1.29, 1.82) is 0 Å². The predicted octanol–water partition coefficient (Wildman–Crippen LogP) is 1.01. The van der Waals surface area contributed by atoms with Crippen LogP contribution in [0.25, 0.3) is 0 Å². The van der Waals surface area contributed by atoms with E-state index in [2.05, 4.69) is 0 Å². The predicted molar refractivity (Wildman–Crippen MR) is 82.2 cm³/mol. The summed E-state index contributed by atoms with van der Waals surface area (Å²) in [5.74, 6) is 0.444. The Balaban J connectivity index is 1.75. The van der Waals surface area contributed by atoms with Crippen LogP contribution in [0.15, 0.2) is 29.2 Å². The van der Waals surface area contributed by atoms with E-state index in [1.165, 1.54) is 22.5 Å². The average Bonchev–Trinajstić information content (AvgIpc) is 2.81. The molecule has 2 aliphatic rings. The van der Waals surface area contributed by atoms with E-state index in [0.29, 0.717) is 38.1 Å². The lowest BCUT2D eigenvalue weighted by Crippen LogP contribution is -2.46. The van der Waals surface area contributed by atoms with Crippen molar-refractivity contribution in [2.45, 2.75) is 29.8 Å². The minimum Gasteiger partial charge on any atom is -0.497 e. The first-order valence-electron chi connectivity index (χ1n) is 7.46. The quantitative estimate of drug-likeness (QED) is 0.821. The Hall–Kier alpha value is -1.64. The zero-order valence-corrected chi connectivity index (χ0v) is 14.0. The number of carbonyl (C=O) groups is 1. The molecule has 2 saturated heterocycles. The van der Waals surface area contributed by atoms with Gasteiger partial charge in [-0.3, -0.25) is 9.63 Å². The third kappa shape index (κ3) is 2.93. The van der Waals surface area contributed by atoms with E-state index >= 15 is 0 Å². The molecular weight excluding hydrogens is 320 g/mol. The molecule has 2 fully saturated rings. The molecule has 3 rings (SSSR count). The molecule has 0 aromatic heterocycles. The van der Waals surface area contributed by atoms with Crippen LogP contribution in [0.1, 0.15) is 19.3 Å². The van der Waals surface area contributed by atoms with E-state index in [-0.39, 0.29) is 10.8 Å². The molecule has 0 radical (unpaired) electrons. The first-order valence-corrected chi connectivity index (χ1v) is 8.90. The number of nitrogens with zero attached hydrogens (tertiary/aromatic N) is 2. The highest BCUT2D eigenvalue weighted by atomic mass is 32.2. The second-order valence-corrected chi connectivity index (χ2v) is 7.86. The number of piperidine rings is 1. The highest BCUT2D eigenvalue weighted by Gasteiger charge is 2.47. The maximum absolute atomic E-state index is 12.7. The molecule has 0 aliphatic carbocycles. The van der Waals surface area contributed by atoms with E-state index in [0.717, 1.165) is 0 Å². The molecule has 0 saturated carbocycles. The van der Waals surface area contributed by atoms with Crippen LogP contribution in [0, 0.1) is 0 Å². The molecule has 0 unspecified atom stereocenters. The molecule has 1 spiro atoms. The topological polar surface area (TPSA) is 76.2 Å². The number of rotatable bonds is 3. The summed E-state index contributed by atoms with van der Waals surface area (Å²) in [6.07, 6.45) is 1.33. The summed E-state index contributed by atoms with van der Waals surface area (Å²) >= 11 is 0. The number of hydrogen-bond acceptors (Lipinski definition) is 5. The van der Waals surface area contributed by atoms with Crippen LogP contribution in [0.3, 0.4) is 0 Å². The minimum atomic E-state index is -3.57. The van der Waals surface area contributed by atoms with Crippen LogP contribution in [-0.4, -0.2) is 56.5 Å². The number of hydrogen-bond donors (Lipinski definition) is 0. The van der Waals surface area contributed by atoms with Crippen LogP contribution in [-0.2, 0) is 19.7 Å². The fourth-order valence-electron chi connectivity index (χ4n) is 3.07. The molecule has 1 amide bonds. The van der Waals surface area contributed by atoms with Gasteiger partial charge in [0.2, 0.25) is 15.9 Å². The smallest absolute Gasteiger partial charge is 0.248 e. The monoisotopic (exact) mass is 340 g/mol. The largest absolute Gasteiger partial charge is 0.497 e. The molecule has 1 aromatic rings. The summed E-state index contributed by atoms with van der Waals surface area (Å²) in [7, 11) is -0.474. The van der Waals surface area contributed by atoms with Gasteiger partial charge in [-0.15, -0.1) is 0 Å². The number of ether oxygens (including phenoxy) is 1. The molecule has 0 bridgehead atoms. The van der Waals surface area contributed by atoms with Crippen molar-refractivity contribution >= 4 is 15.9 Å². The molecule has 7 nitrogen and oxygen atoms in total. The van der Waals surface area contributed by atoms with Crippen LogP contribution >= 0.6 is 0 Å². The Morgan fingerprint density at radius 1 is 1.26 bits per heavy atom. The Bertz CT molecular complexity index is 710. The number of hydroxylamine groups is 2. The maximum atomic E-state index is 12.7. The van der Waals surface area contributed by atoms with Crippen molar-refractivity contribution in [1.82, 2.24) is 9.37 Å². The summed E-state index contributed by atoms with van der Waals surface area (Å²) in [6, 6.07) is 6.44. The summed E-state index contributed by atoms with van der Waals surface area (Å²) in [5, 5.41) is 1.26. The molecule has 2 aliphatic heterocycles. The van der Waals surface area contributed by atoms with Gasteiger partial charge in [-0.1, -0.05) is 6.07 Å². The van der Waals surface area contributed by atoms with Crippen molar-refractivity contribution in [3.05, 3.63) is 24.3 Å². The summed E-state index contributed by atoms with van der Waals surface area (Å²) < 4.78 is 32.0. The fraction of sp³-hybridized carbons (Fsp3) is 0.533. The van der Waals surface area contributed by atoms with Gasteiger partial charge in [0.15, 0.2) is 0 Å². The van der Waals surface area contributed by atoms with Crippen molar-refractivity contribution in [2.75, 3.05) is 27.2 Å². The van der Waals surface area contributed by atoms with Crippen molar-refractivity contribution in [3.63, 3.8) is 0 Å². The number of sulfonamides is 1. The van der Waals surface area contributed by atoms with E-state index in [4.69, 9.17) is 9.57 Å². The summed E-state index contributed by atoms with van der Waals surface area (Å²) in [5.41, 5.74) is -0.549. The van der Waals surface area contributed by atoms with Gasteiger partial charge in [0.05, 0.1) is 18.4 Å². The van der Waals surface area contributed by atoms with Gasteiger partial charge in [-0.2, -0.15) is 4.31 Å². The van der Waals surface area contributed by atoms with Gasteiger partial charge in [0.1, 0.15) is 11.4 Å². The average molecular weight is 340 g/mol. The number of benzene rings is 1. The Labute approximate surface area is 135 Å². The van der Waals surface area contributed by atoms with Gasteiger partial charge in [0, 0.05) is 26.2 Å². The maximum Gasteiger partial charge on any atom is 0.248 e. The van der Waals surface area contributed by atoms with Gasteiger partial charge in [0.25, 0.3) is 0 Å². The molecule has 126 valence electrons. The third-order valence-corrected chi connectivity index (χ3v) is 6.36. The van der Waals surface area contributed by atoms with Crippen molar-refractivity contribution in [3.8, 4) is 5.75 Å². The van der Waals surface area contributed by atoms with E-state index in [1.807, 2.05) is 0 Å². The lowest BCUT2D eigenvalue weighted by Gasteiger charge is -2.36. The van der Waals surface area contributed by atoms with Crippen LogP contribution in [0.5, 0.6) is 5.75 Å². The van der Waals surface area contributed by atoms with Crippen LogP contribution in [0.2, 0.25) is 0 Å². The van der Waals surface area contributed by atoms with E-state index in [1.54, 1.807) is 25.2 Å². The van der Waals surface area contributed by atoms with Crippen molar-refractivity contribution in [2.24, 2.45) is 0 Å². The second kappa shape index (κ2) is 5.77. The van der Waals surface area contributed by atoms with Gasteiger partial charge >= 0.3 is 0 Å². The Morgan fingerprint density at radius 2 is 1.96 bits per heavy atom. The van der Waals surface area contributed by atoms with E-state index in [9.17, 15) is 13.2 Å². The molecule has 0 atom stereocenters. The number of amides is 1. The first-order chi connectivity index (χ1) is 10.9. The molecule has 23 heavy (non-hydrogen) atoms. The first kappa shape index (κ1) is 16.2. The second-order valence-electron chi connectivity index (χ2n) is 5.93. The molecule has 2 heterocycles. The molecule has 8 heteroatoms. The van der Waals surface area contributed by atoms with Crippen LogP contribution < -0.4 is 4.74 Å². The summed E-state index contributed by atoms with van der Waals surface area (Å²) in [6.45, 7) is 0.668. The zero-order chi connectivity index (χ0) is 16.7. The standard InChI is InChI=1S/C15H20N2O5S/c1-16-14(18)11-15(22-16)6-8-17(9-7-15)23(19,20)13-5-3-4-12(10-13)21-2/h3-5,10H,6-9,11H2,1-2H3. The number of carbonyl (C=O) groups excluding carboxylic acids is 1. The molecule has 0 N–H and O–H groups in total. The fourth-order valence-corrected chi connectivity index (χ4v) is 4.55. The summed E-state index contributed by atoms with van der Waals surface area (Å²) in [4.78, 5) is 17.5. The minimum absolute atomic E-state index is 0.0610. The normalized spacial score (nSPS) is 21.8. The SMILES string of the molecule is COc1cccc(S(=O)(=O)N2CCC3(CC2)CC(=O)N(C)O3)c1. The van der Waals surface area contributed by atoms with Crippen molar-refractivity contribution < 1.29 is 22.8 Å².